The number of hydrogen-bond acceptors (Lipinski definition) is 5. The van der Waals surface area contributed by atoms with Gasteiger partial charge in [0.05, 0.1) is 13.2 Å². The monoisotopic (exact) mass is 492 g/mol. The number of nitrogens with zero attached hydrogens (tertiary/aromatic N) is 2. The topological polar surface area (TPSA) is 53.0 Å². The molecule has 0 saturated carbocycles. The lowest BCUT2D eigenvalue weighted by atomic mass is 9.92. The second-order valence-electron chi connectivity index (χ2n) is 9.45. The maximum Gasteiger partial charge on any atom is 0.283 e. The number of aliphatic hydroxyl groups is 1. The first-order valence-corrected chi connectivity index (χ1v) is 12.0. The average Bonchev–Trinajstić information content (AvgIpc) is 2.81. The fourth-order valence-electron chi connectivity index (χ4n) is 4.34. The molecule has 0 bridgehead atoms. The molecule has 0 spiro atoms. The quantitative estimate of drug-likeness (QED) is 0.531. The van der Waals surface area contributed by atoms with E-state index in [1.165, 1.54) is 6.92 Å². The van der Waals surface area contributed by atoms with Crippen LogP contribution in [0.1, 0.15) is 35.3 Å². The largest absolute Gasteiger partial charge is 0.492 e. The highest BCUT2D eigenvalue weighted by molar-refractivity contribution is 5.94. The molecule has 1 fully saturated rings. The van der Waals surface area contributed by atoms with Gasteiger partial charge in [0.15, 0.2) is 5.78 Å². The van der Waals surface area contributed by atoms with Gasteiger partial charge in [-0.3, -0.25) is 19.0 Å². The molecule has 0 aliphatic carbocycles. The number of halogens is 3. The van der Waals surface area contributed by atoms with Crippen molar-refractivity contribution in [3.05, 3.63) is 65.2 Å². The van der Waals surface area contributed by atoms with Gasteiger partial charge in [0, 0.05) is 43.7 Å². The molecule has 1 atom stereocenters. The summed E-state index contributed by atoms with van der Waals surface area (Å²) in [6, 6.07) is 15.2. The van der Waals surface area contributed by atoms with Crippen LogP contribution in [-0.2, 0) is 13.0 Å². The third kappa shape index (κ3) is 8.05. The minimum atomic E-state index is -3.08. The molecule has 0 unspecified atom stereocenters. The van der Waals surface area contributed by atoms with E-state index in [-0.39, 0.29) is 24.4 Å². The maximum atomic E-state index is 13.3. The molecule has 4 rings (SSSR count). The van der Waals surface area contributed by atoms with Gasteiger partial charge in [-0.05, 0) is 49.6 Å². The smallest absolute Gasteiger partial charge is 0.283 e. The van der Waals surface area contributed by atoms with Gasteiger partial charge in [0.25, 0.3) is 5.92 Å². The number of ketones is 1. The minimum absolute atomic E-state index is 0.00898. The summed E-state index contributed by atoms with van der Waals surface area (Å²) in [5.41, 5.74) is 2.68. The number of ether oxygens (including phenoxy) is 1. The number of aliphatic hydroxyl groups excluding tert-OH is 1. The van der Waals surface area contributed by atoms with Crippen molar-refractivity contribution in [3.8, 4) is 5.75 Å². The summed E-state index contributed by atoms with van der Waals surface area (Å²) in [6.45, 7) is 5.40. The highest BCUT2D eigenvalue weighted by Crippen LogP contribution is 2.27. The summed E-state index contributed by atoms with van der Waals surface area (Å²) in [6.07, 6.45) is 0.637. The van der Waals surface area contributed by atoms with Gasteiger partial charge in [0.2, 0.25) is 0 Å². The van der Waals surface area contributed by atoms with Crippen LogP contribution in [-0.4, -0.2) is 78.7 Å². The summed E-state index contributed by atoms with van der Waals surface area (Å²) in [5.74, 6) is -1.90. The van der Waals surface area contributed by atoms with Gasteiger partial charge in [-0.2, -0.15) is 0 Å². The van der Waals surface area contributed by atoms with Gasteiger partial charge in [-0.25, -0.2) is 8.78 Å². The Bertz CT molecular complexity index is 952. The number of carbonyl (C=O) groups excluding carboxylic acids is 1. The predicted molar refractivity (Wildman–Crippen MR) is 130 cm³/mol. The third-order valence-corrected chi connectivity index (χ3v) is 6.46. The molecular formula is C27H35F3N2O3. The van der Waals surface area contributed by atoms with E-state index in [0.29, 0.717) is 25.1 Å². The average molecular weight is 493 g/mol. The highest BCUT2D eigenvalue weighted by atomic mass is 19.3. The van der Waals surface area contributed by atoms with E-state index in [1.54, 1.807) is 11.0 Å². The molecule has 1 N–H and O–H groups in total. The molecule has 2 aliphatic heterocycles. The Morgan fingerprint density at radius 3 is 2.49 bits per heavy atom. The highest BCUT2D eigenvalue weighted by Gasteiger charge is 2.34. The van der Waals surface area contributed by atoms with Crippen LogP contribution in [0.25, 0.3) is 0 Å². The van der Waals surface area contributed by atoms with Crippen LogP contribution in [0.3, 0.4) is 0 Å². The Morgan fingerprint density at radius 2 is 1.86 bits per heavy atom. The Morgan fingerprint density at radius 1 is 1.14 bits per heavy atom. The lowest BCUT2D eigenvalue weighted by Gasteiger charge is -2.37. The van der Waals surface area contributed by atoms with Gasteiger partial charge >= 0.3 is 0 Å². The van der Waals surface area contributed by atoms with Crippen molar-refractivity contribution in [2.24, 2.45) is 5.92 Å². The first-order chi connectivity index (χ1) is 16.7. The molecule has 2 aliphatic rings. The van der Waals surface area contributed by atoms with Crippen molar-refractivity contribution in [2.75, 3.05) is 46.1 Å². The Balaban J connectivity index is 0.000000203. The lowest BCUT2D eigenvalue weighted by molar-refractivity contribution is -0.0818. The molecule has 35 heavy (non-hydrogen) atoms. The van der Waals surface area contributed by atoms with Crippen LogP contribution in [0.5, 0.6) is 5.75 Å². The number of para-hydroxylation sites is 1. The van der Waals surface area contributed by atoms with Crippen molar-refractivity contribution in [2.45, 2.75) is 38.8 Å². The molecule has 0 amide bonds. The number of benzene rings is 2. The van der Waals surface area contributed by atoms with E-state index in [4.69, 9.17) is 9.84 Å². The van der Waals surface area contributed by atoms with E-state index in [0.717, 1.165) is 36.5 Å². The number of fused-ring (bicyclic) bond motifs is 1. The predicted octanol–water partition coefficient (Wildman–Crippen LogP) is 4.23. The number of carbonyl (C=O) groups is 1. The first-order valence-electron chi connectivity index (χ1n) is 12.0. The zero-order chi connectivity index (χ0) is 25.4. The van der Waals surface area contributed by atoms with Crippen LogP contribution in [0.2, 0.25) is 0 Å². The maximum absolute atomic E-state index is 13.3. The summed E-state index contributed by atoms with van der Waals surface area (Å²) in [4.78, 5) is 15.3. The van der Waals surface area contributed by atoms with Crippen molar-refractivity contribution in [1.29, 1.82) is 0 Å². The molecule has 2 aromatic carbocycles. The van der Waals surface area contributed by atoms with E-state index >= 15 is 0 Å². The Kier molecular flexibility index (Phi) is 9.71. The Labute approximate surface area is 205 Å². The van der Waals surface area contributed by atoms with Gasteiger partial charge in [-0.1, -0.05) is 30.3 Å². The number of rotatable bonds is 9. The summed E-state index contributed by atoms with van der Waals surface area (Å²) < 4.78 is 44.3. The summed E-state index contributed by atoms with van der Waals surface area (Å²) in [7, 11) is 0. The fourth-order valence-corrected chi connectivity index (χ4v) is 4.34. The van der Waals surface area contributed by atoms with E-state index < -0.39 is 19.1 Å². The molecule has 0 radical (unpaired) electrons. The molecule has 2 aromatic rings. The third-order valence-electron chi connectivity index (χ3n) is 6.46. The van der Waals surface area contributed by atoms with Gasteiger partial charge in [0.1, 0.15) is 19.0 Å². The fraction of sp³-hybridized carbons (Fsp3) is 0.519. The number of hydrogen-bond donors (Lipinski definition) is 1. The standard InChI is InChI=1S/C15H19F2NO2.C12H16FNO/c1-10-5-14-6-12(11(2)20)3-4-13(14)7-18(10)8-15(16,17)9-19;13-8-11-9-14(10-11)6-7-15-12-4-2-1-3-5-12/h3-4,6,10,19H,5,7-9H2,1-2H3;1-5,11H,6-10H2/t10-;/m1./s1. The first kappa shape index (κ1) is 27.2. The van der Waals surface area contributed by atoms with E-state index in [1.807, 2.05) is 49.4 Å². The van der Waals surface area contributed by atoms with Crippen LogP contribution < -0.4 is 4.74 Å². The Hall–Kier alpha value is -2.42. The van der Waals surface area contributed by atoms with Crippen molar-refractivity contribution < 1.29 is 27.8 Å². The molecule has 8 heteroatoms. The van der Waals surface area contributed by atoms with Crippen molar-refractivity contribution >= 4 is 5.78 Å². The van der Waals surface area contributed by atoms with Gasteiger partial charge in [-0.15, -0.1) is 0 Å². The number of alkyl halides is 3. The van der Waals surface area contributed by atoms with Crippen LogP contribution in [0.4, 0.5) is 13.2 Å². The zero-order valence-corrected chi connectivity index (χ0v) is 20.4. The zero-order valence-electron chi connectivity index (χ0n) is 20.4. The SMILES string of the molecule is CC(=O)c1ccc2c(c1)C[C@@H](C)N(CC(F)(F)CO)C2.FCC1CN(CCOc2ccccc2)C1. The molecular weight excluding hydrogens is 457 g/mol. The molecule has 0 aromatic heterocycles. The minimum Gasteiger partial charge on any atom is -0.492 e. The van der Waals surface area contributed by atoms with Crippen LogP contribution in [0.15, 0.2) is 48.5 Å². The van der Waals surface area contributed by atoms with Crippen LogP contribution >= 0.6 is 0 Å². The summed E-state index contributed by atoms with van der Waals surface area (Å²) in [5, 5.41) is 8.69. The molecule has 192 valence electrons. The van der Waals surface area contributed by atoms with Crippen LogP contribution in [0, 0.1) is 5.92 Å². The molecule has 2 heterocycles. The van der Waals surface area contributed by atoms with Crippen molar-refractivity contribution in [1.82, 2.24) is 9.80 Å². The number of likely N-dealkylation sites (tertiary alicyclic amines) is 1. The van der Waals surface area contributed by atoms with E-state index in [9.17, 15) is 18.0 Å². The van der Waals surface area contributed by atoms with E-state index in [2.05, 4.69) is 4.90 Å². The molecule has 1 saturated heterocycles. The van der Waals surface area contributed by atoms with Gasteiger partial charge < -0.3 is 9.84 Å². The second kappa shape index (κ2) is 12.5. The normalized spacial score (nSPS) is 18.7. The number of Topliss-reactive ketones (excluding diaryl/α,β-unsaturated/α-hetero) is 1. The lowest BCUT2D eigenvalue weighted by Crippen LogP contribution is -2.49. The summed E-state index contributed by atoms with van der Waals surface area (Å²) >= 11 is 0. The molecule has 5 nitrogen and oxygen atoms in total. The second-order valence-corrected chi connectivity index (χ2v) is 9.45. The van der Waals surface area contributed by atoms with Crippen molar-refractivity contribution in [3.63, 3.8) is 0 Å².